The molecule has 0 amide bonds. The fourth-order valence-corrected chi connectivity index (χ4v) is 3.02. The van der Waals surface area contributed by atoms with Crippen molar-refractivity contribution in [1.82, 2.24) is 10.2 Å². The van der Waals surface area contributed by atoms with Crippen LogP contribution in [-0.4, -0.2) is 37.6 Å². The Morgan fingerprint density at radius 3 is 2.41 bits per heavy atom. The molecule has 1 aliphatic carbocycles. The number of nitrogens with one attached hydrogen (secondary N) is 1. The summed E-state index contributed by atoms with van der Waals surface area (Å²) >= 11 is 0. The van der Waals surface area contributed by atoms with Gasteiger partial charge in [0.2, 0.25) is 0 Å². The number of unbranched alkanes of at least 4 members (excludes halogenated alkanes) is 1. The third kappa shape index (κ3) is 5.39. The first kappa shape index (κ1) is 15.0. The van der Waals surface area contributed by atoms with E-state index >= 15 is 0 Å². The topological polar surface area (TPSA) is 15.3 Å². The molecule has 0 bridgehead atoms. The van der Waals surface area contributed by atoms with Crippen LogP contribution >= 0.6 is 0 Å². The lowest BCUT2D eigenvalue weighted by Gasteiger charge is -2.34. The zero-order valence-corrected chi connectivity index (χ0v) is 12.4. The summed E-state index contributed by atoms with van der Waals surface area (Å²) in [5.41, 5.74) is 0.562. The lowest BCUT2D eigenvalue weighted by atomic mass is 9.85. The summed E-state index contributed by atoms with van der Waals surface area (Å²) in [6.45, 7) is 10.5. The molecule has 0 atom stereocenters. The van der Waals surface area contributed by atoms with Crippen molar-refractivity contribution < 1.29 is 0 Å². The van der Waals surface area contributed by atoms with E-state index in [1.807, 2.05) is 0 Å². The predicted molar refractivity (Wildman–Crippen MR) is 76.4 cm³/mol. The zero-order chi connectivity index (χ0) is 12.7. The van der Waals surface area contributed by atoms with Gasteiger partial charge in [-0.05, 0) is 38.3 Å². The van der Waals surface area contributed by atoms with E-state index in [4.69, 9.17) is 0 Å². The molecular formula is C15H32N2. The van der Waals surface area contributed by atoms with Crippen molar-refractivity contribution in [1.29, 1.82) is 0 Å². The van der Waals surface area contributed by atoms with Gasteiger partial charge in [0.15, 0.2) is 0 Å². The molecule has 0 heterocycles. The number of rotatable bonds is 8. The van der Waals surface area contributed by atoms with Crippen LogP contribution in [0.4, 0.5) is 0 Å². The van der Waals surface area contributed by atoms with Crippen molar-refractivity contribution in [3.8, 4) is 0 Å². The molecule has 0 aliphatic heterocycles. The van der Waals surface area contributed by atoms with Crippen molar-refractivity contribution in [3.63, 3.8) is 0 Å². The van der Waals surface area contributed by atoms with Crippen molar-refractivity contribution in [3.05, 3.63) is 0 Å². The second-order valence-electron chi connectivity index (χ2n) is 6.33. The zero-order valence-electron chi connectivity index (χ0n) is 12.4. The van der Waals surface area contributed by atoms with E-state index in [-0.39, 0.29) is 0 Å². The Hall–Kier alpha value is -0.0800. The first-order chi connectivity index (χ1) is 8.08. The van der Waals surface area contributed by atoms with E-state index in [0.717, 1.165) is 0 Å². The Kier molecular flexibility index (Phi) is 6.50. The second kappa shape index (κ2) is 7.38. The SMILES string of the molecule is CCCCN(C)CC1(CNC(C)C)CCCC1. The van der Waals surface area contributed by atoms with Gasteiger partial charge in [-0.2, -0.15) is 0 Å². The molecule has 1 aliphatic rings. The van der Waals surface area contributed by atoms with Crippen LogP contribution in [-0.2, 0) is 0 Å². The molecule has 0 unspecified atom stereocenters. The number of nitrogens with zero attached hydrogens (tertiary/aromatic N) is 1. The van der Waals surface area contributed by atoms with Gasteiger partial charge in [0.1, 0.15) is 0 Å². The highest BCUT2D eigenvalue weighted by molar-refractivity contribution is 4.89. The van der Waals surface area contributed by atoms with Crippen molar-refractivity contribution in [2.45, 2.75) is 65.3 Å². The molecule has 2 nitrogen and oxygen atoms in total. The fourth-order valence-electron chi connectivity index (χ4n) is 3.02. The summed E-state index contributed by atoms with van der Waals surface area (Å²) in [5.74, 6) is 0. The van der Waals surface area contributed by atoms with E-state index in [1.54, 1.807) is 0 Å². The molecular weight excluding hydrogens is 208 g/mol. The summed E-state index contributed by atoms with van der Waals surface area (Å²) in [6.07, 6.45) is 8.35. The summed E-state index contributed by atoms with van der Waals surface area (Å²) < 4.78 is 0. The molecule has 0 aromatic heterocycles. The quantitative estimate of drug-likeness (QED) is 0.700. The lowest BCUT2D eigenvalue weighted by molar-refractivity contribution is 0.168. The highest BCUT2D eigenvalue weighted by Gasteiger charge is 2.34. The molecule has 0 radical (unpaired) electrons. The summed E-state index contributed by atoms with van der Waals surface area (Å²) in [5, 5.41) is 3.66. The predicted octanol–water partition coefficient (Wildman–Crippen LogP) is 3.28. The maximum Gasteiger partial charge on any atom is 0.00471 e. The Labute approximate surface area is 108 Å². The highest BCUT2D eigenvalue weighted by atomic mass is 15.1. The standard InChI is InChI=1S/C15H32N2/c1-5-6-11-17(4)13-15(9-7-8-10-15)12-16-14(2)3/h14,16H,5-13H2,1-4H3. The number of hydrogen-bond donors (Lipinski definition) is 1. The molecule has 1 saturated carbocycles. The van der Waals surface area contributed by atoms with Crippen LogP contribution in [0, 0.1) is 5.41 Å². The van der Waals surface area contributed by atoms with Gasteiger partial charge >= 0.3 is 0 Å². The molecule has 17 heavy (non-hydrogen) atoms. The molecule has 0 saturated heterocycles. The molecule has 1 N–H and O–H groups in total. The van der Waals surface area contributed by atoms with Crippen LogP contribution in [0.25, 0.3) is 0 Å². The van der Waals surface area contributed by atoms with Gasteiger partial charge in [-0.3, -0.25) is 0 Å². The van der Waals surface area contributed by atoms with E-state index in [9.17, 15) is 0 Å². The van der Waals surface area contributed by atoms with Crippen LogP contribution in [0.5, 0.6) is 0 Å². The van der Waals surface area contributed by atoms with E-state index < -0.39 is 0 Å². The highest BCUT2D eigenvalue weighted by Crippen LogP contribution is 2.38. The van der Waals surface area contributed by atoms with Crippen molar-refractivity contribution in [2.24, 2.45) is 5.41 Å². The third-order valence-electron chi connectivity index (χ3n) is 4.05. The lowest BCUT2D eigenvalue weighted by Crippen LogP contribution is -2.43. The molecule has 1 rings (SSSR count). The summed E-state index contributed by atoms with van der Waals surface area (Å²) in [7, 11) is 2.30. The molecule has 102 valence electrons. The van der Waals surface area contributed by atoms with Gasteiger partial charge in [-0.15, -0.1) is 0 Å². The van der Waals surface area contributed by atoms with Gasteiger partial charge in [-0.25, -0.2) is 0 Å². The molecule has 0 aromatic carbocycles. The Bertz CT molecular complexity index is 195. The average Bonchev–Trinajstić information content (AvgIpc) is 2.73. The molecule has 1 fully saturated rings. The Morgan fingerprint density at radius 2 is 1.88 bits per heavy atom. The van der Waals surface area contributed by atoms with Crippen molar-refractivity contribution in [2.75, 3.05) is 26.7 Å². The van der Waals surface area contributed by atoms with Crippen LogP contribution in [0.1, 0.15) is 59.3 Å². The van der Waals surface area contributed by atoms with Crippen LogP contribution in [0.2, 0.25) is 0 Å². The van der Waals surface area contributed by atoms with Gasteiger partial charge in [-0.1, -0.05) is 40.0 Å². The second-order valence-corrected chi connectivity index (χ2v) is 6.33. The molecule has 0 aromatic rings. The number of hydrogen-bond acceptors (Lipinski definition) is 2. The Morgan fingerprint density at radius 1 is 1.24 bits per heavy atom. The minimum Gasteiger partial charge on any atom is -0.314 e. The van der Waals surface area contributed by atoms with E-state index in [0.29, 0.717) is 11.5 Å². The van der Waals surface area contributed by atoms with E-state index in [2.05, 4.69) is 38.0 Å². The average molecular weight is 240 g/mol. The monoisotopic (exact) mass is 240 g/mol. The van der Waals surface area contributed by atoms with Gasteiger partial charge < -0.3 is 10.2 Å². The smallest absolute Gasteiger partial charge is 0.00471 e. The van der Waals surface area contributed by atoms with Crippen LogP contribution < -0.4 is 5.32 Å². The minimum atomic E-state index is 0.562. The van der Waals surface area contributed by atoms with Crippen LogP contribution in [0.15, 0.2) is 0 Å². The normalized spacial score (nSPS) is 19.4. The summed E-state index contributed by atoms with van der Waals surface area (Å²) in [6, 6.07) is 0.619. The largest absolute Gasteiger partial charge is 0.314 e. The Balaban J connectivity index is 2.41. The molecule has 2 heteroatoms. The first-order valence-electron chi connectivity index (χ1n) is 7.50. The van der Waals surface area contributed by atoms with Crippen LogP contribution in [0.3, 0.4) is 0 Å². The van der Waals surface area contributed by atoms with Gasteiger partial charge in [0, 0.05) is 19.1 Å². The third-order valence-corrected chi connectivity index (χ3v) is 4.05. The van der Waals surface area contributed by atoms with E-state index in [1.165, 1.54) is 58.2 Å². The van der Waals surface area contributed by atoms with Crippen molar-refractivity contribution >= 4 is 0 Å². The molecule has 0 spiro atoms. The van der Waals surface area contributed by atoms with Gasteiger partial charge in [0.05, 0.1) is 0 Å². The minimum absolute atomic E-state index is 0.562. The maximum absolute atomic E-state index is 3.66. The van der Waals surface area contributed by atoms with Gasteiger partial charge in [0.25, 0.3) is 0 Å². The first-order valence-corrected chi connectivity index (χ1v) is 7.50. The fraction of sp³-hybridized carbons (Fsp3) is 1.00. The summed E-state index contributed by atoms with van der Waals surface area (Å²) in [4.78, 5) is 2.55. The maximum atomic E-state index is 3.66.